The summed E-state index contributed by atoms with van der Waals surface area (Å²) < 4.78 is 28.9. The second kappa shape index (κ2) is 8.52. The Morgan fingerprint density at radius 2 is 1.81 bits per heavy atom. The second-order valence-electron chi connectivity index (χ2n) is 7.30. The molecule has 0 radical (unpaired) electrons. The van der Waals surface area contributed by atoms with Crippen molar-refractivity contribution in [2.75, 3.05) is 25.4 Å². The molecule has 3 heterocycles. The van der Waals surface area contributed by atoms with Crippen molar-refractivity contribution in [2.45, 2.75) is 52.0 Å². The lowest BCUT2D eigenvalue weighted by Gasteiger charge is -2.32. The summed E-state index contributed by atoms with van der Waals surface area (Å²) in [6, 6.07) is 0. The Balaban J connectivity index is 1.50. The molecule has 2 aliphatic rings. The average molecular weight is 397 g/mol. The molecule has 0 aliphatic carbocycles. The fourth-order valence-electron chi connectivity index (χ4n) is 3.85. The molecule has 8 nitrogen and oxygen atoms in total. The number of carbonyl (C=O) groups excluding carboxylic acids is 2. The van der Waals surface area contributed by atoms with Crippen LogP contribution in [0.3, 0.4) is 0 Å². The number of imidazole rings is 1. The highest BCUT2D eigenvalue weighted by Crippen LogP contribution is 2.22. The lowest BCUT2D eigenvalue weighted by atomic mass is 9.98. The molecule has 0 atom stereocenters. The number of hydrogen-bond donors (Lipinski definition) is 0. The number of imide groups is 1. The van der Waals surface area contributed by atoms with Crippen LogP contribution in [-0.4, -0.2) is 64.4 Å². The van der Waals surface area contributed by atoms with Gasteiger partial charge in [-0.3, -0.25) is 14.5 Å². The van der Waals surface area contributed by atoms with Gasteiger partial charge in [-0.2, -0.15) is 0 Å². The Morgan fingerprint density at radius 1 is 1.15 bits per heavy atom. The van der Waals surface area contributed by atoms with Gasteiger partial charge in [0.1, 0.15) is 5.82 Å². The first-order valence-electron chi connectivity index (χ1n) is 9.71. The van der Waals surface area contributed by atoms with E-state index in [1.807, 2.05) is 12.4 Å². The molecule has 0 saturated carbocycles. The third kappa shape index (κ3) is 4.76. The van der Waals surface area contributed by atoms with Gasteiger partial charge < -0.3 is 4.57 Å². The molecule has 3 rings (SSSR count). The van der Waals surface area contributed by atoms with Crippen LogP contribution in [0.25, 0.3) is 0 Å². The lowest BCUT2D eigenvalue weighted by molar-refractivity contribution is -0.147. The normalized spacial score (nSPS) is 20.4. The first-order valence-corrected chi connectivity index (χ1v) is 11.3. The molecular formula is C18H28N4O4S. The van der Waals surface area contributed by atoms with Crippen molar-refractivity contribution in [3.8, 4) is 0 Å². The van der Waals surface area contributed by atoms with E-state index in [4.69, 9.17) is 0 Å². The van der Waals surface area contributed by atoms with Crippen molar-refractivity contribution in [2.24, 2.45) is 5.92 Å². The molecule has 0 spiro atoms. The summed E-state index contributed by atoms with van der Waals surface area (Å²) in [5.41, 5.74) is 0. The van der Waals surface area contributed by atoms with Crippen LogP contribution in [-0.2, 0) is 32.6 Å². The maximum Gasteiger partial charge on any atom is 0.229 e. The number of piperidine rings is 2. The first-order chi connectivity index (χ1) is 12.9. The summed E-state index contributed by atoms with van der Waals surface area (Å²) in [5, 5.41) is 0. The van der Waals surface area contributed by atoms with E-state index in [2.05, 4.69) is 16.5 Å². The number of rotatable bonds is 7. The zero-order valence-electron chi connectivity index (χ0n) is 15.8. The van der Waals surface area contributed by atoms with Crippen molar-refractivity contribution >= 4 is 21.8 Å². The van der Waals surface area contributed by atoms with E-state index in [0.29, 0.717) is 38.3 Å². The van der Waals surface area contributed by atoms with E-state index in [0.717, 1.165) is 36.5 Å². The summed E-state index contributed by atoms with van der Waals surface area (Å²) in [6.45, 7) is 3.89. The molecule has 2 saturated heterocycles. The van der Waals surface area contributed by atoms with Gasteiger partial charge in [-0.1, -0.05) is 6.92 Å². The second-order valence-corrected chi connectivity index (χ2v) is 9.39. The van der Waals surface area contributed by atoms with Gasteiger partial charge >= 0.3 is 0 Å². The van der Waals surface area contributed by atoms with Crippen molar-refractivity contribution in [3.63, 3.8) is 0 Å². The SMILES string of the molecule is CCc1nccn1CC1CCN(S(=O)(=O)CCN2C(=O)CCCC2=O)CC1. The Morgan fingerprint density at radius 3 is 2.44 bits per heavy atom. The minimum absolute atomic E-state index is 0.0329. The maximum absolute atomic E-state index is 12.6. The number of amides is 2. The minimum atomic E-state index is -3.46. The smallest absolute Gasteiger partial charge is 0.229 e. The van der Waals surface area contributed by atoms with Gasteiger partial charge in [0.15, 0.2) is 0 Å². The molecule has 2 amide bonds. The van der Waals surface area contributed by atoms with Gasteiger partial charge in [-0.05, 0) is 25.2 Å². The first kappa shape index (κ1) is 20.0. The zero-order valence-corrected chi connectivity index (χ0v) is 16.7. The molecule has 0 aromatic carbocycles. The molecule has 0 unspecified atom stereocenters. The molecular weight excluding hydrogens is 368 g/mol. The number of hydrogen-bond acceptors (Lipinski definition) is 5. The molecule has 2 aliphatic heterocycles. The number of aromatic nitrogens is 2. The number of carbonyl (C=O) groups is 2. The van der Waals surface area contributed by atoms with Gasteiger partial charge in [0.05, 0.1) is 5.75 Å². The summed E-state index contributed by atoms with van der Waals surface area (Å²) in [6.07, 6.45) is 7.50. The third-order valence-electron chi connectivity index (χ3n) is 5.50. The molecule has 9 heteroatoms. The third-order valence-corrected chi connectivity index (χ3v) is 7.35. The fraction of sp³-hybridized carbons (Fsp3) is 0.722. The summed E-state index contributed by atoms with van der Waals surface area (Å²) >= 11 is 0. The van der Waals surface area contributed by atoms with Crippen LogP contribution in [0.5, 0.6) is 0 Å². The predicted octanol–water partition coefficient (Wildman–Crippen LogP) is 1.03. The molecule has 2 fully saturated rings. The largest absolute Gasteiger partial charge is 0.335 e. The highest BCUT2D eigenvalue weighted by molar-refractivity contribution is 7.89. The quantitative estimate of drug-likeness (QED) is 0.642. The highest BCUT2D eigenvalue weighted by atomic mass is 32.2. The van der Waals surface area contributed by atoms with Crippen molar-refractivity contribution in [3.05, 3.63) is 18.2 Å². The highest BCUT2D eigenvalue weighted by Gasteiger charge is 2.31. The fourth-order valence-corrected chi connectivity index (χ4v) is 5.29. The van der Waals surface area contributed by atoms with E-state index < -0.39 is 10.0 Å². The molecule has 27 heavy (non-hydrogen) atoms. The topological polar surface area (TPSA) is 92.6 Å². The molecule has 150 valence electrons. The summed E-state index contributed by atoms with van der Waals surface area (Å²) in [7, 11) is -3.46. The Labute approximate surface area is 160 Å². The predicted molar refractivity (Wildman–Crippen MR) is 100 cm³/mol. The minimum Gasteiger partial charge on any atom is -0.335 e. The molecule has 1 aromatic rings. The van der Waals surface area contributed by atoms with Crippen molar-refractivity contribution in [1.82, 2.24) is 18.8 Å². The van der Waals surface area contributed by atoms with Gasteiger partial charge in [0.2, 0.25) is 21.8 Å². The Hall–Kier alpha value is -1.74. The van der Waals surface area contributed by atoms with Crippen LogP contribution in [0.2, 0.25) is 0 Å². The van der Waals surface area contributed by atoms with Crippen LogP contribution < -0.4 is 0 Å². The zero-order chi connectivity index (χ0) is 19.4. The van der Waals surface area contributed by atoms with Crippen LogP contribution in [0.4, 0.5) is 0 Å². The molecule has 1 aromatic heterocycles. The lowest BCUT2D eigenvalue weighted by Crippen LogP contribution is -2.46. The van der Waals surface area contributed by atoms with Gasteiger partial charge in [-0.25, -0.2) is 17.7 Å². The Bertz CT molecular complexity index is 765. The van der Waals surface area contributed by atoms with E-state index in [1.54, 1.807) is 0 Å². The van der Waals surface area contributed by atoms with Gasteiger partial charge in [0.25, 0.3) is 0 Å². The number of likely N-dealkylation sites (tertiary alicyclic amines) is 1. The van der Waals surface area contributed by atoms with Crippen LogP contribution >= 0.6 is 0 Å². The van der Waals surface area contributed by atoms with Crippen molar-refractivity contribution < 1.29 is 18.0 Å². The molecule has 0 bridgehead atoms. The van der Waals surface area contributed by atoms with Gasteiger partial charge in [-0.15, -0.1) is 0 Å². The Kier molecular flexibility index (Phi) is 6.31. The number of nitrogens with zero attached hydrogens (tertiary/aromatic N) is 4. The van der Waals surface area contributed by atoms with E-state index in [1.165, 1.54) is 4.31 Å². The standard InChI is InChI=1S/C18H28N4O4S/c1-2-16-19-8-11-20(16)14-15-6-9-21(10-7-15)27(25,26)13-12-22-17(23)4-3-5-18(22)24/h8,11,15H,2-7,9-10,12-14H2,1H3. The van der Waals surface area contributed by atoms with Gasteiger partial charge in [0, 0.05) is 57.8 Å². The maximum atomic E-state index is 12.6. The van der Waals surface area contributed by atoms with Crippen LogP contribution in [0.1, 0.15) is 44.9 Å². The summed E-state index contributed by atoms with van der Waals surface area (Å²) in [5.74, 6) is 0.790. The van der Waals surface area contributed by atoms with E-state index in [9.17, 15) is 18.0 Å². The van der Waals surface area contributed by atoms with Crippen LogP contribution in [0.15, 0.2) is 12.4 Å². The van der Waals surface area contributed by atoms with Crippen molar-refractivity contribution in [1.29, 1.82) is 0 Å². The number of sulfonamides is 1. The van der Waals surface area contributed by atoms with E-state index >= 15 is 0 Å². The van der Waals surface area contributed by atoms with E-state index in [-0.39, 0.29) is 24.1 Å². The average Bonchev–Trinajstić information content (AvgIpc) is 3.09. The monoisotopic (exact) mass is 396 g/mol. The molecule has 0 N–H and O–H groups in total. The number of aryl methyl sites for hydroxylation is 1. The van der Waals surface area contributed by atoms with Crippen LogP contribution in [0, 0.1) is 5.92 Å². The summed E-state index contributed by atoms with van der Waals surface area (Å²) in [4.78, 5) is 29.1.